The number of rotatable bonds is 8. The first-order valence-corrected chi connectivity index (χ1v) is 9.40. The molecule has 1 unspecified atom stereocenters. The Morgan fingerprint density at radius 3 is 2.70 bits per heavy atom. The highest BCUT2D eigenvalue weighted by molar-refractivity contribution is 5.82. The summed E-state index contributed by atoms with van der Waals surface area (Å²) in [5, 5.41) is 2.98. The van der Waals surface area contributed by atoms with Crippen LogP contribution in [0.4, 0.5) is 0 Å². The van der Waals surface area contributed by atoms with E-state index in [1.54, 1.807) is 7.11 Å². The standard InChI is InChI=1S/C22H28N2O3/c1-22(21(25)23-12-14-26-2)11-13-24(17-22)16-18-7-6-10-20(15-18)27-19-8-4-3-5-9-19/h3-10,15H,11-14,16-17H2,1-2H3,(H,23,25). The van der Waals surface area contributed by atoms with Crippen LogP contribution in [0.5, 0.6) is 11.5 Å². The zero-order chi connectivity index (χ0) is 19.1. The van der Waals surface area contributed by atoms with E-state index in [0.717, 1.165) is 37.6 Å². The molecule has 0 aliphatic carbocycles. The van der Waals surface area contributed by atoms with Crippen LogP contribution in [0.1, 0.15) is 18.9 Å². The van der Waals surface area contributed by atoms with Gasteiger partial charge in [0.25, 0.3) is 0 Å². The van der Waals surface area contributed by atoms with Crippen molar-refractivity contribution in [3.63, 3.8) is 0 Å². The van der Waals surface area contributed by atoms with E-state index in [2.05, 4.69) is 22.3 Å². The molecule has 0 saturated carbocycles. The molecule has 27 heavy (non-hydrogen) atoms. The van der Waals surface area contributed by atoms with Gasteiger partial charge in [0.05, 0.1) is 12.0 Å². The smallest absolute Gasteiger partial charge is 0.227 e. The summed E-state index contributed by atoms with van der Waals surface area (Å²) in [6, 6.07) is 17.9. The Hall–Kier alpha value is -2.37. The van der Waals surface area contributed by atoms with E-state index in [-0.39, 0.29) is 11.3 Å². The van der Waals surface area contributed by atoms with Crippen LogP contribution < -0.4 is 10.1 Å². The molecule has 1 aliphatic rings. The van der Waals surface area contributed by atoms with Crippen LogP contribution >= 0.6 is 0 Å². The predicted octanol–water partition coefficient (Wildman–Crippen LogP) is 3.45. The monoisotopic (exact) mass is 368 g/mol. The van der Waals surface area contributed by atoms with Gasteiger partial charge in [0.15, 0.2) is 0 Å². The van der Waals surface area contributed by atoms with Gasteiger partial charge in [-0.25, -0.2) is 0 Å². The lowest BCUT2D eigenvalue weighted by atomic mass is 9.89. The van der Waals surface area contributed by atoms with Gasteiger partial charge in [-0.15, -0.1) is 0 Å². The molecule has 1 N–H and O–H groups in total. The second-order valence-corrected chi connectivity index (χ2v) is 7.33. The molecule has 1 amide bonds. The second kappa shape index (κ2) is 9.02. The Kier molecular flexibility index (Phi) is 6.48. The molecule has 3 rings (SSSR count). The number of ether oxygens (including phenoxy) is 2. The van der Waals surface area contributed by atoms with E-state index < -0.39 is 0 Å². The summed E-state index contributed by atoms with van der Waals surface area (Å²) in [6.07, 6.45) is 0.867. The molecule has 0 aromatic heterocycles. The molecule has 2 aromatic carbocycles. The van der Waals surface area contributed by atoms with Crippen LogP contribution in [0.15, 0.2) is 54.6 Å². The fraction of sp³-hybridized carbons (Fsp3) is 0.409. The van der Waals surface area contributed by atoms with Gasteiger partial charge in [0.2, 0.25) is 5.91 Å². The lowest BCUT2D eigenvalue weighted by Gasteiger charge is -2.24. The maximum atomic E-state index is 12.5. The maximum absolute atomic E-state index is 12.5. The van der Waals surface area contributed by atoms with E-state index in [1.165, 1.54) is 5.56 Å². The van der Waals surface area contributed by atoms with Crippen LogP contribution in [-0.4, -0.2) is 44.2 Å². The van der Waals surface area contributed by atoms with Crippen molar-refractivity contribution >= 4 is 5.91 Å². The molecule has 1 saturated heterocycles. The van der Waals surface area contributed by atoms with Crippen LogP contribution in [0, 0.1) is 5.41 Å². The number of hydrogen-bond acceptors (Lipinski definition) is 4. The van der Waals surface area contributed by atoms with E-state index in [0.29, 0.717) is 13.2 Å². The first-order valence-electron chi connectivity index (χ1n) is 9.40. The Morgan fingerprint density at radius 1 is 1.15 bits per heavy atom. The van der Waals surface area contributed by atoms with E-state index in [9.17, 15) is 4.79 Å². The first kappa shape index (κ1) is 19.4. The van der Waals surface area contributed by atoms with Crippen LogP contribution in [-0.2, 0) is 16.1 Å². The van der Waals surface area contributed by atoms with Gasteiger partial charge in [-0.2, -0.15) is 0 Å². The van der Waals surface area contributed by atoms with Crippen molar-refractivity contribution in [1.82, 2.24) is 10.2 Å². The number of likely N-dealkylation sites (tertiary alicyclic amines) is 1. The lowest BCUT2D eigenvalue weighted by Crippen LogP contribution is -2.42. The molecule has 1 atom stereocenters. The van der Waals surface area contributed by atoms with Gasteiger partial charge >= 0.3 is 0 Å². The SMILES string of the molecule is COCCNC(=O)C1(C)CCN(Cc2cccc(Oc3ccccc3)c2)C1. The summed E-state index contributed by atoms with van der Waals surface area (Å²) in [7, 11) is 1.64. The molecule has 1 fully saturated rings. The van der Waals surface area contributed by atoms with E-state index in [1.807, 2.05) is 49.4 Å². The second-order valence-electron chi connectivity index (χ2n) is 7.33. The summed E-state index contributed by atoms with van der Waals surface area (Å²) in [4.78, 5) is 14.8. The predicted molar refractivity (Wildman–Crippen MR) is 106 cm³/mol. The average molecular weight is 368 g/mol. The van der Waals surface area contributed by atoms with Crippen molar-refractivity contribution < 1.29 is 14.3 Å². The topological polar surface area (TPSA) is 50.8 Å². The number of methoxy groups -OCH3 is 1. The molecule has 1 heterocycles. The fourth-order valence-electron chi connectivity index (χ4n) is 3.45. The number of benzene rings is 2. The van der Waals surface area contributed by atoms with Gasteiger partial charge in [0, 0.05) is 26.7 Å². The molecule has 0 bridgehead atoms. The Balaban J connectivity index is 1.57. The summed E-state index contributed by atoms with van der Waals surface area (Å²) >= 11 is 0. The third-order valence-electron chi connectivity index (χ3n) is 4.98. The number of hydrogen-bond donors (Lipinski definition) is 1. The summed E-state index contributed by atoms with van der Waals surface area (Å²) < 4.78 is 10.9. The lowest BCUT2D eigenvalue weighted by molar-refractivity contribution is -0.129. The molecular weight excluding hydrogens is 340 g/mol. The average Bonchev–Trinajstić information content (AvgIpc) is 3.05. The molecule has 1 aliphatic heterocycles. The van der Waals surface area contributed by atoms with Crippen molar-refractivity contribution in [2.75, 3.05) is 33.4 Å². The van der Waals surface area contributed by atoms with Crippen LogP contribution in [0.2, 0.25) is 0 Å². The number of nitrogens with zero attached hydrogens (tertiary/aromatic N) is 1. The quantitative estimate of drug-likeness (QED) is 0.725. The third kappa shape index (κ3) is 5.31. The molecule has 5 heteroatoms. The van der Waals surface area contributed by atoms with Gasteiger partial charge in [-0.1, -0.05) is 30.3 Å². The van der Waals surface area contributed by atoms with Crippen LogP contribution in [0.25, 0.3) is 0 Å². The van der Waals surface area contributed by atoms with Crippen molar-refractivity contribution in [2.45, 2.75) is 19.9 Å². The van der Waals surface area contributed by atoms with Crippen molar-refractivity contribution in [2.24, 2.45) is 5.41 Å². The van der Waals surface area contributed by atoms with Gasteiger partial charge in [-0.05, 0) is 49.7 Å². The third-order valence-corrected chi connectivity index (χ3v) is 4.98. The molecule has 5 nitrogen and oxygen atoms in total. The molecule has 0 radical (unpaired) electrons. The van der Waals surface area contributed by atoms with E-state index >= 15 is 0 Å². The minimum absolute atomic E-state index is 0.114. The maximum Gasteiger partial charge on any atom is 0.227 e. The van der Waals surface area contributed by atoms with Gasteiger partial charge < -0.3 is 14.8 Å². The largest absolute Gasteiger partial charge is 0.457 e. The Morgan fingerprint density at radius 2 is 1.93 bits per heavy atom. The zero-order valence-corrected chi connectivity index (χ0v) is 16.1. The fourth-order valence-corrected chi connectivity index (χ4v) is 3.45. The zero-order valence-electron chi connectivity index (χ0n) is 16.1. The van der Waals surface area contributed by atoms with E-state index in [4.69, 9.17) is 9.47 Å². The highest BCUT2D eigenvalue weighted by atomic mass is 16.5. The van der Waals surface area contributed by atoms with Crippen molar-refractivity contribution in [1.29, 1.82) is 0 Å². The highest BCUT2D eigenvalue weighted by Crippen LogP contribution is 2.31. The minimum Gasteiger partial charge on any atom is -0.457 e. The normalized spacial score (nSPS) is 19.8. The van der Waals surface area contributed by atoms with Crippen molar-refractivity contribution in [3.05, 3.63) is 60.2 Å². The summed E-state index contributed by atoms with van der Waals surface area (Å²) in [5.41, 5.74) is 0.846. The number of para-hydroxylation sites is 1. The number of carbonyl (C=O) groups excluding carboxylic acids is 1. The minimum atomic E-state index is -0.341. The molecular formula is C22H28N2O3. The highest BCUT2D eigenvalue weighted by Gasteiger charge is 2.39. The number of amides is 1. The molecule has 144 valence electrons. The molecule has 0 spiro atoms. The molecule has 2 aromatic rings. The summed E-state index contributed by atoms with van der Waals surface area (Å²) in [5.74, 6) is 1.78. The van der Waals surface area contributed by atoms with Crippen LogP contribution in [0.3, 0.4) is 0 Å². The van der Waals surface area contributed by atoms with Crippen molar-refractivity contribution in [3.8, 4) is 11.5 Å². The number of carbonyl (C=O) groups is 1. The first-order chi connectivity index (χ1) is 13.1. The number of nitrogens with one attached hydrogen (secondary N) is 1. The van der Waals surface area contributed by atoms with Gasteiger partial charge in [0.1, 0.15) is 11.5 Å². The Labute approximate surface area is 161 Å². The summed E-state index contributed by atoms with van der Waals surface area (Å²) in [6.45, 7) is 5.63. The van der Waals surface area contributed by atoms with Gasteiger partial charge in [-0.3, -0.25) is 9.69 Å². The Bertz CT molecular complexity index is 750.